The molecule has 0 aliphatic heterocycles. The molecule has 1 saturated carbocycles. The summed E-state index contributed by atoms with van der Waals surface area (Å²) >= 11 is 0. The van der Waals surface area contributed by atoms with Crippen LogP contribution in [0.25, 0.3) is 0 Å². The molecule has 1 aliphatic rings. The van der Waals surface area contributed by atoms with Crippen molar-refractivity contribution in [2.75, 3.05) is 7.11 Å². The van der Waals surface area contributed by atoms with E-state index in [1.54, 1.807) is 43.5 Å². The fraction of sp³-hybridized carbons (Fsp3) is 0.364. The van der Waals surface area contributed by atoms with Crippen LogP contribution in [0.1, 0.15) is 31.2 Å². The van der Waals surface area contributed by atoms with Crippen molar-refractivity contribution < 1.29 is 23.8 Å². The van der Waals surface area contributed by atoms with Gasteiger partial charge in [0.15, 0.2) is 0 Å². The van der Waals surface area contributed by atoms with Gasteiger partial charge in [-0.2, -0.15) is 0 Å². The Balaban J connectivity index is 1.47. The maximum Gasteiger partial charge on any atom is 0.314 e. The van der Waals surface area contributed by atoms with E-state index in [0.29, 0.717) is 42.9 Å². The van der Waals surface area contributed by atoms with E-state index in [1.807, 2.05) is 19.1 Å². The Bertz CT molecular complexity index is 771. The normalized spacial score (nSPS) is 19.2. The number of ether oxygens (including phenoxy) is 3. The number of hydrogen-bond donors (Lipinski definition) is 0. The molecule has 1 aliphatic carbocycles. The molecule has 27 heavy (non-hydrogen) atoms. The number of carbonyl (C=O) groups excluding carboxylic acids is 2. The molecule has 0 N–H and O–H groups in total. The summed E-state index contributed by atoms with van der Waals surface area (Å²) in [7, 11) is 1.59. The molecule has 142 valence electrons. The second kappa shape index (κ2) is 8.71. The van der Waals surface area contributed by atoms with Gasteiger partial charge in [0.1, 0.15) is 17.2 Å². The van der Waals surface area contributed by atoms with Crippen LogP contribution < -0.4 is 14.2 Å². The van der Waals surface area contributed by atoms with Crippen LogP contribution in [0, 0.1) is 18.8 Å². The molecule has 2 aromatic carbocycles. The Hall–Kier alpha value is -2.82. The number of aryl methyl sites for hydroxylation is 1. The Kier molecular flexibility index (Phi) is 6.12. The smallest absolute Gasteiger partial charge is 0.314 e. The lowest BCUT2D eigenvalue weighted by Gasteiger charge is -2.25. The Labute approximate surface area is 159 Å². The van der Waals surface area contributed by atoms with Gasteiger partial charge in [-0.15, -0.1) is 0 Å². The third-order valence-corrected chi connectivity index (χ3v) is 4.91. The molecule has 0 radical (unpaired) electrons. The number of methoxy groups -OCH3 is 1. The minimum atomic E-state index is -0.245. The SMILES string of the molecule is COc1ccc(OC(=O)C2CCC(C(=O)Oc3ccc(C)cc3)CC2)cc1. The predicted octanol–water partition coefficient (Wildman–Crippen LogP) is 4.32. The van der Waals surface area contributed by atoms with Crippen LogP contribution in [-0.4, -0.2) is 19.0 Å². The average molecular weight is 368 g/mol. The number of carbonyl (C=O) groups is 2. The first-order chi connectivity index (χ1) is 13.0. The molecule has 0 saturated heterocycles. The zero-order valence-electron chi connectivity index (χ0n) is 15.6. The summed E-state index contributed by atoms with van der Waals surface area (Å²) < 4.78 is 16.0. The molecule has 5 nitrogen and oxygen atoms in total. The van der Waals surface area contributed by atoms with E-state index in [4.69, 9.17) is 14.2 Å². The summed E-state index contributed by atoms with van der Waals surface area (Å²) in [5.74, 6) is 0.953. The second-order valence-electron chi connectivity index (χ2n) is 6.88. The zero-order chi connectivity index (χ0) is 19.2. The Morgan fingerprint density at radius 2 is 1.07 bits per heavy atom. The topological polar surface area (TPSA) is 61.8 Å². The van der Waals surface area contributed by atoms with Crippen LogP contribution in [0.5, 0.6) is 17.2 Å². The van der Waals surface area contributed by atoms with Gasteiger partial charge < -0.3 is 14.2 Å². The molecule has 0 bridgehead atoms. The minimum Gasteiger partial charge on any atom is -0.497 e. The number of benzene rings is 2. The summed E-state index contributed by atoms with van der Waals surface area (Å²) in [6, 6.07) is 14.3. The molecular formula is C22H24O5. The summed E-state index contributed by atoms with van der Waals surface area (Å²) in [5, 5.41) is 0. The molecule has 0 aromatic heterocycles. The van der Waals surface area contributed by atoms with Gasteiger partial charge in [0.2, 0.25) is 0 Å². The fourth-order valence-electron chi connectivity index (χ4n) is 3.21. The van der Waals surface area contributed by atoms with Gasteiger partial charge in [-0.3, -0.25) is 9.59 Å². The van der Waals surface area contributed by atoms with E-state index < -0.39 is 0 Å². The molecule has 5 heteroatoms. The third-order valence-electron chi connectivity index (χ3n) is 4.91. The van der Waals surface area contributed by atoms with Gasteiger partial charge in [-0.05, 0) is 69.0 Å². The summed E-state index contributed by atoms with van der Waals surface area (Å²) in [6.45, 7) is 1.98. The average Bonchev–Trinajstić information content (AvgIpc) is 2.70. The van der Waals surface area contributed by atoms with E-state index in [9.17, 15) is 9.59 Å². The third kappa shape index (κ3) is 5.09. The van der Waals surface area contributed by atoms with Crippen LogP contribution in [0.4, 0.5) is 0 Å². The molecule has 0 atom stereocenters. The molecule has 0 heterocycles. The Morgan fingerprint density at radius 1 is 0.704 bits per heavy atom. The van der Waals surface area contributed by atoms with Crippen LogP contribution in [-0.2, 0) is 9.59 Å². The van der Waals surface area contributed by atoms with Crippen LogP contribution >= 0.6 is 0 Å². The first-order valence-corrected chi connectivity index (χ1v) is 9.19. The number of esters is 2. The monoisotopic (exact) mass is 368 g/mol. The lowest BCUT2D eigenvalue weighted by molar-refractivity contribution is -0.145. The van der Waals surface area contributed by atoms with Gasteiger partial charge in [0, 0.05) is 0 Å². The van der Waals surface area contributed by atoms with Crippen LogP contribution in [0.2, 0.25) is 0 Å². The van der Waals surface area contributed by atoms with Crippen molar-refractivity contribution in [3.63, 3.8) is 0 Å². The largest absolute Gasteiger partial charge is 0.497 e. The van der Waals surface area contributed by atoms with Crippen molar-refractivity contribution >= 4 is 11.9 Å². The Morgan fingerprint density at radius 3 is 1.48 bits per heavy atom. The minimum absolute atomic E-state index is 0.170. The molecule has 0 spiro atoms. The van der Waals surface area contributed by atoms with Crippen molar-refractivity contribution in [3.8, 4) is 17.2 Å². The van der Waals surface area contributed by atoms with Gasteiger partial charge in [-0.1, -0.05) is 17.7 Å². The highest BCUT2D eigenvalue weighted by atomic mass is 16.5. The molecule has 1 fully saturated rings. The zero-order valence-corrected chi connectivity index (χ0v) is 15.6. The highest BCUT2D eigenvalue weighted by molar-refractivity contribution is 5.77. The molecule has 2 aromatic rings. The van der Waals surface area contributed by atoms with E-state index in [1.165, 1.54) is 0 Å². The molecule has 0 amide bonds. The first kappa shape index (κ1) is 19.0. The highest BCUT2D eigenvalue weighted by Crippen LogP contribution is 2.31. The summed E-state index contributed by atoms with van der Waals surface area (Å²) in [5.41, 5.74) is 1.12. The van der Waals surface area contributed by atoms with Gasteiger partial charge in [0.25, 0.3) is 0 Å². The highest BCUT2D eigenvalue weighted by Gasteiger charge is 2.32. The maximum atomic E-state index is 12.4. The van der Waals surface area contributed by atoms with Crippen molar-refractivity contribution in [2.45, 2.75) is 32.6 Å². The van der Waals surface area contributed by atoms with Crippen molar-refractivity contribution in [3.05, 3.63) is 54.1 Å². The van der Waals surface area contributed by atoms with Gasteiger partial charge in [0.05, 0.1) is 18.9 Å². The van der Waals surface area contributed by atoms with E-state index >= 15 is 0 Å². The quantitative estimate of drug-likeness (QED) is 0.581. The predicted molar refractivity (Wildman–Crippen MR) is 101 cm³/mol. The van der Waals surface area contributed by atoms with Crippen LogP contribution in [0.3, 0.4) is 0 Å². The van der Waals surface area contributed by atoms with E-state index in [0.717, 1.165) is 5.56 Å². The van der Waals surface area contributed by atoms with E-state index in [-0.39, 0.29) is 23.8 Å². The number of hydrogen-bond acceptors (Lipinski definition) is 5. The standard InChI is InChI=1S/C22H24O5/c1-15-3-9-19(10-4-15)26-21(23)16-5-7-17(8-6-16)22(24)27-20-13-11-18(25-2)12-14-20/h3-4,9-14,16-17H,5-8H2,1-2H3. The van der Waals surface area contributed by atoms with Gasteiger partial charge >= 0.3 is 11.9 Å². The van der Waals surface area contributed by atoms with E-state index in [2.05, 4.69) is 0 Å². The molecular weight excluding hydrogens is 344 g/mol. The second-order valence-corrected chi connectivity index (χ2v) is 6.88. The summed E-state index contributed by atoms with van der Waals surface area (Å²) in [6.07, 6.45) is 2.52. The summed E-state index contributed by atoms with van der Waals surface area (Å²) in [4.78, 5) is 24.7. The first-order valence-electron chi connectivity index (χ1n) is 9.19. The van der Waals surface area contributed by atoms with Crippen molar-refractivity contribution in [1.29, 1.82) is 0 Å². The lowest BCUT2D eigenvalue weighted by Crippen LogP contribution is -2.30. The number of rotatable bonds is 5. The lowest BCUT2D eigenvalue weighted by atomic mass is 9.82. The fourth-order valence-corrected chi connectivity index (χ4v) is 3.21. The molecule has 0 unspecified atom stereocenters. The van der Waals surface area contributed by atoms with Gasteiger partial charge in [-0.25, -0.2) is 0 Å². The van der Waals surface area contributed by atoms with Crippen LogP contribution in [0.15, 0.2) is 48.5 Å². The van der Waals surface area contributed by atoms with Crippen molar-refractivity contribution in [1.82, 2.24) is 0 Å². The van der Waals surface area contributed by atoms with Crippen molar-refractivity contribution in [2.24, 2.45) is 11.8 Å². The molecule has 3 rings (SSSR count). The maximum absolute atomic E-state index is 12.4.